The molecule has 0 radical (unpaired) electrons. The summed E-state index contributed by atoms with van der Waals surface area (Å²) in [7, 11) is 0. The standard InChI is InChI=1S/C19H24N4O2/c24-18(20-16(13-4-5-13)14-6-7-14)17-15-3-1-2-8-23(15)19(21-17)22-9-11-25-12-10-22/h1-3,8,13-14,16H,4-7,9-12H2,(H,20,24). The molecule has 3 aliphatic rings. The van der Waals surface area contributed by atoms with E-state index in [2.05, 4.69) is 10.2 Å². The molecule has 6 heteroatoms. The molecule has 1 N–H and O–H groups in total. The van der Waals surface area contributed by atoms with Gasteiger partial charge < -0.3 is 15.0 Å². The number of anilines is 1. The molecular formula is C19H24N4O2. The van der Waals surface area contributed by atoms with Crippen LogP contribution < -0.4 is 10.2 Å². The number of hydrogen-bond donors (Lipinski definition) is 1. The van der Waals surface area contributed by atoms with E-state index in [-0.39, 0.29) is 5.91 Å². The number of nitrogens with zero attached hydrogens (tertiary/aromatic N) is 3. The van der Waals surface area contributed by atoms with Crippen molar-refractivity contribution >= 4 is 17.4 Å². The van der Waals surface area contributed by atoms with E-state index in [0.29, 0.717) is 36.8 Å². The van der Waals surface area contributed by atoms with Gasteiger partial charge in [-0.25, -0.2) is 4.98 Å². The highest BCUT2D eigenvalue weighted by molar-refractivity contribution is 6.00. The number of hydrogen-bond acceptors (Lipinski definition) is 4. The predicted molar refractivity (Wildman–Crippen MR) is 94.9 cm³/mol. The fourth-order valence-electron chi connectivity index (χ4n) is 3.93. The predicted octanol–water partition coefficient (Wildman–Crippen LogP) is 2.09. The number of nitrogens with one attached hydrogen (secondary N) is 1. The van der Waals surface area contributed by atoms with Gasteiger partial charge in [-0.1, -0.05) is 6.07 Å². The summed E-state index contributed by atoms with van der Waals surface area (Å²) in [6.07, 6.45) is 7.01. The van der Waals surface area contributed by atoms with Crippen molar-refractivity contribution in [2.75, 3.05) is 31.2 Å². The minimum absolute atomic E-state index is 0.0213. The average Bonchev–Trinajstić information content (AvgIpc) is 3.57. The lowest BCUT2D eigenvalue weighted by molar-refractivity contribution is 0.0923. The van der Waals surface area contributed by atoms with Crippen LogP contribution in [0.2, 0.25) is 0 Å². The Hall–Kier alpha value is -2.08. The maximum absolute atomic E-state index is 13.0. The number of rotatable bonds is 5. The second kappa shape index (κ2) is 6.02. The topological polar surface area (TPSA) is 58.9 Å². The maximum atomic E-state index is 13.0. The number of imidazole rings is 1. The van der Waals surface area contributed by atoms with Crippen LogP contribution in [0.1, 0.15) is 36.2 Å². The molecule has 6 nitrogen and oxygen atoms in total. The van der Waals surface area contributed by atoms with Crippen LogP contribution in [0.5, 0.6) is 0 Å². The van der Waals surface area contributed by atoms with Crippen LogP contribution in [0.3, 0.4) is 0 Å². The Morgan fingerprint density at radius 1 is 1.16 bits per heavy atom. The molecular weight excluding hydrogens is 316 g/mol. The molecule has 2 aromatic rings. The molecule has 132 valence electrons. The van der Waals surface area contributed by atoms with Crippen LogP contribution in [-0.4, -0.2) is 47.6 Å². The van der Waals surface area contributed by atoms with E-state index in [9.17, 15) is 4.79 Å². The average molecular weight is 340 g/mol. The highest BCUT2D eigenvalue weighted by Crippen LogP contribution is 2.44. The first-order valence-electron chi connectivity index (χ1n) is 9.42. The second-order valence-corrected chi connectivity index (χ2v) is 7.49. The van der Waals surface area contributed by atoms with Gasteiger partial charge in [-0.05, 0) is 49.7 Å². The van der Waals surface area contributed by atoms with Crippen molar-refractivity contribution in [3.63, 3.8) is 0 Å². The smallest absolute Gasteiger partial charge is 0.272 e. The molecule has 0 atom stereocenters. The van der Waals surface area contributed by atoms with Crippen molar-refractivity contribution in [3.8, 4) is 0 Å². The summed E-state index contributed by atoms with van der Waals surface area (Å²) >= 11 is 0. The van der Waals surface area contributed by atoms with Crippen molar-refractivity contribution in [1.29, 1.82) is 0 Å². The Balaban J connectivity index is 1.46. The third kappa shape index (κ3) is 2.88. The van der Waals surface area contributed by atoms with Crippen molar-refractivity contribution in [3.05, 3.63) is 30.1 Å². The fraction of sp³-hybridized carbons (Fsp3) is 0.579. The van der Waals surface area contributed by atoms with Crippen LogP contribution >= 0.6 is 0 Å². The third-order valence-corrected chi connectivity index (χ3v) is 5.60. The molecule has 3 fully saturated rings. The molecule has 2 aliphatic carbocycles. The molecule has 3 heterocycles. The van der Waals surface area contributed by atoms with Gasteiger partial charge in [0.25, 0.3) is 5.91 Å². The molecule has 0 spiro atoms. The first-order valence-corrected chi connectivity index (χ1v) is 9.42. The van der Waals surface area contributed by atoms with Gasteiger partial charge in [0, 0.05) is 25.3 Å². The summed E-state index contributed by atoms with van der Waals surface area (Å²) in [6.45, 7) is 3.02. The first-order chi connectivity index (χ1) is 12.3. The number of aromatic nitrogens is 2. The number of amides is 1. The van der Waals surface area contributed by atoms with Crippen molar-refractivity contribution in [2.45, 2.75) is 31.7 Å². The van der Waals surface area contributed by atoms with Gasteiger partial charge in [0.05, 0.1) is 18.7 Å². The number of carbonyl (C=O) groups excluding carboxylic acids is 1. The molecule has 2 aromatic heterocycles. The Morgan fingerprint density at radius 2 is 1.88 bits per heavy atom. The minimum Gasteiger partial charge on any atom is -0.378 e. The summed E-state index contributed by atoms with van der Waals surface area (Å²) in [5.74, 6) is 2.19. The van der Waals surface area contributed by atoms with E-state index >= 15 is 0 Å². The van der Waals surface area contributed by atoms with Gasteiger partial charge in [0.15, 0.2) is 5.69 Å². The van der Waals surface area contributed by atoms with Crippen molar-refractivity contribution in [2.24, 2.45) is 11.8 Å². The first kappa shape index (κ1) is 15.2. The van der Waals surface area contributed by atoms with Crippen LogP contribution in [-0.2, 0) is 4.74 Å². The minimum atomic E-state index is -0.0213. The summed E-state index contributed by atoms with van der Waals surface area (Å²) in [5.41, 5.74) is 1.43. The Kier molecular flexibility index (Phi) is 3.66. The molecule has 5 rings (SSSR count). The number of pyridine rings is 1. The van der Waals surface area contributed by atoms with Crippen molar-refractivity contribution < 1.29 is 9.53 Å². The lowest BCUT2D eigenvalue weighted by atomic mass is 10.1. The summed E-state index contributed by atoms with van der Waals surface area (Å²) in [6, 6.07) is 6.28. The highest BCUT2D eigenvalue weighted by atomic mass is 16.5. The Labute approximate surface area is 147 Å². The maximum Gasteiger partial charge on any atom is 0.272 e. The van der Waals surface area contributed by atoms with E-state index in [1.54, 1.807) is 0 Å². The zero-order chi connectivity index (χ0) is 16.8. The molecule has 2 saturated carbocycles. The van der Waals surface area contributed by atoms with Gasteiger partial charge in [-0.3, -0.25) is 9.20 Å². The van der Waals surface area contributed by atoms with Gasteiger partial charge in [0.2, 0.25) is 5.95 Å². The van der Waals surface area contributed by atoms with Gasteiger partial charge in [0.1, 0.15) is 0 Å². The van der Waals surface area contributed by atoms with E-state index in [1.807, 2.05) is 28.8 Å². The summed E-state index contributed by atoms with van der Waals surface area (Å²) in [4.78, 5) is 19.9. The molecule has 0 aromatic carbocycles. The van der Waals surface area contributed by atoms with E-state index < -0.39 is 0 Å². The van der Waals surface area contributed by atoms with E-state index in [4.69, 9.17) is 9.72 Å². The van der Waals surface area contributed by atoms with Crippen molar-refractivity contribution in [1.82, 2.24) is 14.7 Å². The third-order valence-electron chi connectivity index (χ3n) is 5.60. The lowest BCUT2D eigenvalue weighted by Crippen LogP contribution is -2.38. The molecule has 25 heavy (non-hydrogen) atoms. The van der Waals surface area contributed by atoms with E-state index in [0.717, 1.165) is 24.6 Å². The summed E-state index contributed by atoms with van der Waals surface area (Å²) < 4.78 is 7.48. The van der Waals surface area contributed by atoms with Crippen LogP contribution in [0.15, 0.2) is 24.4 Å². The SMILES string of the molecule is O=C(NC(C1CC1)C1CC1)c1nc(N2CCOCC2)n2ccccc12. The Morgan fingerprint density at radius 3 is 2.56 bits per heavy atom. The number of fused-ring (bicyclic) bond motifs is 1. The fourth-order valence-corrected chi connectivity index (χ4v) is 3.93. The number of morpholine rings is 1. The monoisotopic (exact) mass is 340 g/mol. The zero-order valence-electron chi connectivity index (χ0n) is 14.4. The molecule has 1 aliphatic heterocycles. The zero-order valence-corrected chi connectivity index (χ0v) is 14.4. The Bertz CT molecular complexity index is 776. The van der Waals surface area contributed by atoms with Gasteiger partial charge >= 0.3 is 0 Å². The number of ether oxygens (including phenoxy) is 1. The second-order valence-electron chi connectivity index (χ2n) is 7.49. The van der Waals surface area contributed by atoms with Crippen LogP contribution in [0, 0.1) is 11.8 Å². The molecule has 0 unspecified atom stereocenters. The molecule has 1 amide bonds. The van der Waals surface area contributed by atoms with Gasteiger partial charge in [-0.2, -0.15) is 0 Å². The normalized spacial score (nSPS) is 21.1. The van der Waals surface area contributed by atoms with Crippen LogP contribution in [0.25, 0.3) is 5.52 Å². The largest absolute Gasteiger partial charge is 0.378 e. The quantitative estimate of drug-likeness (QED) is 0.905. The van der Waals surface area contributed by atoms with Crippen LogP contribution in [0.4, 0.5) is 5.95 Å². The van der Waals surface area contributed by atoms with E-state index in [1.165, 1.54) is 25.7 Å². The highest BCUT2D eigenvalue weighted by Gasteiger charge is 2.42. The summed E-state index contributed by atoms with van der Waals surface area (Å²) in [5, 5.41) is 3.31. The molecule has 0 bridgehead atoms. The lowest BCUT2D eigenvalue weighted by Gasteiger charge is -2.27. The number of carbonyl (C=O) groups is 1. The molecule has 1 saturated heterocycles. The van der Waals surface area contributed by atoms with Gasteiger partial charge in [-0.15, -0.1) is 0 Å².